The van der Waals surface area contributed by atoms with Gasteiger partial charge in [-0.1, -0.05) is 6.07 Å². The van der Waals surface area contributed by atoms with E-state index in [0.717, 1.165) is 11.1 Å². The molecule has 0 saturated heterocycles. The van der Waals surface area contributed by atoms with Crippen molar-refractivity contribution < 1.29 is 33.3 Å². The number of benzene rings is 1. The second kappa shape index (κ2) is 11.6. The maximum Gasteiger partial charge on any atom is 0.412 e. The van der Waals surface area contributed by atoms with Crippen LogP contribution in [0.2, 0.25) is 0 Å². The van der Waals surface area contributed by atoms with Crippen molar-refractivity contribution in [2.24, 2.45) is 0 Å². The monoisotopic (exact) mass is 411 g/mol. The van der Waals surface area contributed by atoms with Crippen LogP contribution in [0.1, 0.15) is 38.8 Å². The first-order chi connectivity index (χ1) is 13.7. The van der Waals surface area contributed by atoms with E-state index in [9.17, 15) is 9.59 Å². The predicted octanol–water partition coefficient (Wildman–Crippen LogP) is 3.16. The van der Waals surface area contributed by atoms with E-state index in [0.29, 0.717) is 12.4 Å². The topological polar surface area (TPSA) is 83.5 Å². The summed E-state index contributed by atoms with van der Waals surface area (Å²) in [6.07, 6.45) is -0.426. The summed E-state index contributed by atoms with van der Waals surface area (Å²) in [5.74, 6) is 0.156. The van der Waals surface area contributed by atoms with Gasteiger partial charge in [-0.3, -0.25) is 4.90 Å². The van der Waals surface area contributed by atoms with Gasteiger partial charge < -0.3 is 23.7 Å². The molecule has 0 aliphatic rings. The van der Waals surface area contributed by atoms with Gasteiger partial charge in [0.15, 0.2) is 0 Å². The molecule has 0 saturated carbocycles. The van der Waals surface area contributed by atoms with Gasteiger partial charge in [-0.15, -0.1) is 0 Å². The van der Waals surface area contributed by atoms with Crippen molar-refractivity contribution in [2.75, 3.05) is 34.7 Å². The Morgan fingerprint density at radius 3 is 2.31 bits per heavy atom. The summed E-state index contributed by atoms with van der Waals surface area (Å²) in [5, 5.41) is 0. The highest BCUT2D eigenvalue weighted by atomic mass is 16.6. The van der Waals surface area contributed by atoms with Gasteiger partial charge >= 0.3 is 12.1 Å². The van der Waals surface area contributed by atoms with Gasteiger partial charge in [0.25, 0.3) is 0 Å². The number of amides is 1. The molecule has 29 heavy (non-hydrogen) atoms. The third-order valence-corrected chi connectivity index (χ3v) is 3.90. The second-order valence-corrected chi connectivity index (χ2v) is 7.42. The molecule has 0 spiro atoms. The molecule has 1 atom stereocenters. The van der Waals surface area contributed by atoms with Crippen LogP contribution in [0.5, 0.6) is 5.75 Å². The molecular weight excluding hydrogens is 378 g/mol. The first-order valence-electron chi connectivity index (χ1n) is 9.46. The first kappa shape index (κ1) is 24.7. The number of ether oxygens (including phenoxy) is 5. The molecule has 0 aliphatic carbocycles. The molecular formula is C21H33NO7. The van der Waals surface area contributed by atoms with Crippen LogP contribution in [0.3, 0.4) is 0 Å². The quantitative estimate of drug-likeness (QED) is 0.432. The molecule has 8 nitrogen and oxygen atoms in total. The maximum atomic E-state index is 12.7. The first-order valence-corrected chi connectivity index (χ1v) is 9.46. The third kappa shape index (κ3) is 7.91. The van der Waals surface area contributed by atoms with E-state index in [1.807, 2.05) is 12.1 Å². The van der Waals surface area contributed by atoms with Gasteiger partial charge in [0.05, 0.1) is 20.3 Å². The van der Waals surface area contributed by atoms with Crippen LogP contribution in [0.15, 0.2) is 18.2 Å². The SMILES string of the molecule is CCOC(=O)[C@H](Cc1ccc(OC)c(COC)c1)N(COC)C(=O)OC(C)(C)C. The van der Waals surface area contributed by atoms with Crippen LogP contribution in [0.25, 0.3) is 0 Å². The fraction of sp³-hybridized carbons (Fsp3) is 0.619. The van der Waals surface area contributed by atoms with Crippen molar-refractivity contribution in [1.29, 1.82) is 0 Å². The van der Waals surface area contributed by atoms with Crippen molar-refractivity contribution >= 4 is 12.1 Å². The minimum atomic E-state index is -0.909. The Labute approximate surface area is 173 Å². The largest absolute Gasteiger partial charge is 0.496 e. The number of methoxy groups -OCH3 is 3. The number of hydrogen-bond acceptors (Lipinski definition) is 7. The Bertz CT molecular complexity index is 669. The summed E-state index contributed by atoms with van der Waals surface area (Å²) >= 11 is 0. The Morgan fingerprint density at radius 1 is 1.10 bits per heavy atom. The molecule has 0 fully saturated rings. The van der Waals surface area contributed by atoms with Gasteiger partial charge in [0.2, 0.25) is 0 Å². The van der Waals surface area contributed by atoms with E-state index < -0.39 is 23.7 Å². The van der Waals surface area contributed by atoms with Crippen LogP contribution in [-0.4, -0.2) is 63.3 Å². The standard InChI is InChI=1S/C21H33NO7/c1-8-28-19(23)17(22(14-26-6)20(24)29-21(2,3)4)12-15-9-10-18(27-7)16(11-15)13-25-5/h9-11,17H,8,12-14H2,1-7H3/t17-/m0/s1. The maximum absolute atomic E-state index is 12.7. The van der Waals surface area contributed by atoms with E-state index in [2.05, 4.69) is 0 Å². The molecule has 1 aromatic carbocycles. The van der Waals surface area contributed by atoms with Crippen LogP contribution in [0.4, 0.5) is 4.79 Å². The molecule has 1 amide bonds. The average Bonchev–Trinajstić information content (AvgIpc) is 2.63. The third-order valence-electron chi connectivity index (χ3n) is 3.90. The molecule has 0 heterocycles. The van der Waals surface area contributed by atoms with Crippen molar-refractivity contribution in [2.45, 2.75) is 52.4 Å². The van der Waals surface area contributed by atoms with E-state index in [1.54, 1.807) is 48.0 Å². The van der Waals surface area contributed by atoms with Crippen LogP contribution < -0.4 is 4.74 Å². The second-order valence-electron chi connectivity index (χ2n) is 7.42. The number of hydrogen-bond donors (Lipinski definition) is 0. The number of carbonyl (C=O) groups excluding carboxylic acids is 2. The Balaban J connectivity index is 3.23. The molecule has 1 rings (SSSR count). The minimum absolute atomic E-state index is 0.112. The summed E-state index contributed by atoms with van der Waals surface area (Å²) in [7, 11) is 4.62. The van der Waals surface area contributed by atoms with Crippen molar-refractivity contribution in [3.63, 3.8) is 0 Å². The van der Waals surface area contributed by atoms with Crippen LogP contribution in [0, 0.1) is 0 Å². The highest BCUT2D eigenvalue weighted by Gasteiger charge is 2.34. The average molecular weight is 411 g/mol. The number of esters is 1. The summed E-state index contributed by atoms with van der Waals surface area (Å²) in [6.45, 7) is 7.44. The zero-order valence-electron chi connectivity index (χ0n) is 18.4. The smallest absolute Gasteiger partial charge is 0.412 e. The summed E-state index contributed by atoms with van der Waals surface area (Å²) < 4.78 is 26.4. The van der Waals surface area contributed by atoms with E-state index in [1.165, 1.54) is 12.0 Å². The Morgan fingerprint density at radius 2 is 1.79 bits per heavy atom. The van der Waals surface area contributed by atoms with Crippen molar-refractivity contribution in [1.82, 2.24) is 4.90 Å². The van der Waals surface area contributed by atoms with Crippen molar-refractivity contribution in [3.05, 3.63) is 29.3 Å². The Hall–Kier alpha value is -2.32. The predicted molar refractivity (Wildman–Crippen MR) is 108 cm³/mol. The summed E-state index contributed by atoms with van der Waals surface area (Å²) in [4.78, 5) is 26.7. The van der Waals surface area contributed by atoms with E-state index in [-0.39, 0.29) is 19.8 Å². The molecule has 0 aromatic heterocycles. The normalized spacial score (nSPS) is 12.2. The number of nitrogens with zero attached hydrogens (tertiary/aromatic N) is 1. The molecule has 8 heteroatoms. The van der Waals surface area contributed by atoms with Crippen molar-refractivity contribution in [3.8, 4) is 5.75 Å². The Kier molecular flexibility index (Phi) is 9.91. The molecule has 164 valence electrons. The molecule has 0 N–H and O–H groups in total. The fourth-order valence-corrected chi connectivity index (χ4v) is 2.74. The highest BCUT2D eigenvalue weighted by molar-refractivity contribution is 5.82. The van der Waals surface area contributed by atoms with Gasteiger partial charge in [-0.2, -0.15) is 0 Å². The van der Waals surface area contributed by atoms with Crippen LogP contribution >= 0.6 is 0 Å². The van der Waals surface area contributed by atoms with Crippen LogP contribution in [-0.2, 0) is 36.8 Å². The molecule has 0 bridgehead atoms. The molecule has 0 unspecified atom stereocenters. The zero-order valence-corrected chi connectivity index (χ0v) is 18.4. The van der Waals surface area contributed by atoms with Gasteiger partial charge in [-0.25, -0.2) is 9.59 Å². The van der Waals surface area contributed by atoms with E-state index in [4.69, 9.17) is 23.7 Å². The molecule has 0 radical (unpaired) electrons. The lowest BCUT2D eigenvalue weighted by Crippen LogP contribution is -2.49. The van der Waals surface area contributed by atoms with E-state index >= 15 is 0 Å². The van der Waals surface area contributed by atoms with Gasteiger partial charge in [-0.05, 0) is 45.4 Å². The summed E-state index contributed by atoms with van der Waals surface area (Å²) in [6, 6.07) is 4.62. The fourth-order valence-electron chi connectivity index (χ4n) is 2.74. The molecule has 0 aliphatic heterocycles. The lowest BCUT2D eigenvalue weighted by molar-refractivity contribution is -0.151. The number of carbonyl (C=O) groups is 2. The van der Waals surface area contributed by atoms with Gasteiger partial charge in [0, 0.05) is 26.2 Å². The molecule has 1 aromatic rings. The lowest BCUT2D eigenvalue weighted by Gasteiger charge is -2.31. The van der Waals surface area contributed by atoms with Gasteiger partial charge in [0.1, 0.15) is 24.1 Å². The highest BCUT2D eigenvalue weighted by Crippen LogP contribution is 2.23. The number of rotatable bonds is 10. The minimum Gasteiger partial charge on any atom is -0.496 e. The lowest BCUT2D eigenvalue weighted by atomic mass is 10.0. The zero-order chi connectivity index (χ0) is 22.0. The summed E-state index contributed by atoms with van der Waals surface area (Å²) in [5.41, 5.74) is 0.944.